The van der Waals surface area contributed by atoms with Gasteiger partial charge in [-0.2, -0.15) is 0 Å². The van der Waals surface area contributed by atoms with Crippen LogP contribution < -0.4 is 5.32 Å². The maximum absolute atomic E-state index is 5.52. The lowest BCUT2D eigenvalue weighted by Crippen LogP contribution is -2.18. The van der Waals surface area contributed by atoms with E-state index in [-0.39, 0.29) is 0 Å². The lowest BCUT2D eigenvalue weighted by Gasteiger charge is -2.01. The van der Waals surface area contributed by atoms with E-state index >= 15 is 0 Å². The lowest BCUT2D eigenvalue weighted by atomic mass is 10.1. The zero-order valence-corrected chi connectivity index (χ0v) is 11.7. The molecule has 0 spiro atoms. The number of oxazole rings is 1. The van der Waals surface area contributed by atoms with Gasteiger partial charge in [0.05, 0.1) is 12.3 Å². The van der Waals surface area contributed by atoms with Crippen LogP contribution in [-0.2, 0) is 11.3 Å². The topological polar surface area (TPSA) is 47.3 Å². The van der Waals surface area contributed by atoms with E-state index in [0.717, 1.165) is 17.8 Å². The quantitative estimate of drug-likeness (QED) is 0.811. The van der Waals surface area contributed by atoms with E-state index in [4.69, 9.17) is 9.15 Å². The van der Waals surface area contributed by atoms with Crippen molar-refractivity contribution in [2.75, 3.05) is 20.3 Å². The Balaban J connectivity index is 2.01. The SMILES string of the molecule is COCCNCc1coc(-c2ccc(C)c(C)c2)n1. The Labute approximate surface area is 113 Å². The maximum atomic E-state index is 5.52. The van der Waals surface area contributed by atoms with Crippen LogP contribution in [0.1, 0.15) is 16.8 Å². The van der Waals surface area contributed by atoms with Gasteiger partial charge in [-0.25, -0.2) is 4.98 Å². The van der Waals surface area contributed by atoms with Crippen LogP contribution in [0.4, 0.5) is 0 Å². The van der Waals surface area contributed by atoms with Gasteiger partial charge in [0.15, 0.2) is 0 Å². The summed E-state index contributed by atoms with van der Waals surface area (Å²) >= 11 is 0. The molecule has 1 heterocycles. The van der Waals surface area contributed by atoms with Gasteiger partial charge >= 0.3 is 0 Å². The van der Waals surface area contributed by atoms with Crippen LogP contribution in [0.15, 0.2) is 28.9 Å². The molecule has 0 aliphatic carbocycles. The van der Waals surface area contributed by atoms with Gasteiger partial charge in [-0.05, 0) is 37.1 Å². The molecule has 1 aromatic heterocycles. The molecule has 0 saturated heterocycles. The van der Waals surface area contributed by atoms with E-state index in [9.17, 15) is 0 Å². The average molecular weight is 260 g/mol. The summed E-state index contributed by atoms with van der Waals surface area (Å²) in [5, 5.41) is 3.24. The third-order valence-corrected chi connectivity index (χ3v) is 3.09. The Morgan fingerprint density at radius 1 is 1.26 bits per heavy atom. The number of rotatable bonds is 6. The Morgan fingerprint density at radius 3 is 2.84 bits per heavy atom. The average Bonchev–Trinajstić information content (AvgIpc) is 2.87. The third-order valence-electron chi connectivity index (χ3n) is 3.09. The molecule has 102 valence electrons. The minimum Gasteiger partial charge on any atom is -0.444 e. The first-order chi connectivity index (χ1) is 9.20. The van der Waals surface area contributed by atoms with E-state index in [1.807, 2.05) is 6.07 Å². The molecule has 0 aliphatic heterocycles. The molecule has 0 aliphatic rings. The van der Waals surface area contributed by atoms with Crippen molar-refractivity contribution >= 4 is 0 Å². The summed E-state index contributed by atoms with van der Waals surface area (Å²) in [7, 11) is 1.69. The van der Waals surface area contributed by atoms with Gasteiger partial charge in [-0.1, -0.05) is 6.07 Å². The minimum atomic E-state index is 0.673. The molecule has 0 atom stereocenters. The summed E-state index contributed by atoms with van der Waals surface area (Å²) in [6, 6.07) is 6.23. The highest BCUT2D eigenvalue weighted by molar-refractivity contribution is 5.55. The van der Waals surface area contributed by atoms with Crippen molar-refractivity contribution in [2.24, 2.45) is 0 Å². The molecular weight excluding hydrogens is 240 g/mol. The maximum Gasteiger partial charge on any atom is 0.226 e. The van der Waals surface area contributed by atoms with Crippen molar-refractivity contribution in [3.63, 3.8) is 0 Å². The fraction of sp³-hybridized carbons (Fsp3) is 0.400. The van der Waals surface area contributed by atoms with Crippen LogP contribution in [0.25, 0.3) is 11.5 Å². The highest BCUT2D eigenvalue weighted by Crippen LogP contribution is 2.21. The zero-order chi connectivity index (χ0) is 13.7. The molecule has 1 N–H and O–H groups in total. The largest absolute Gasteiger partial charge is 0.444 e. The van der Waals surface area contributed by atoms with Gasteiger partial charge in [0.1, 0.15) is 6.26 Å². The summed E-state index contributed by atoms with van der Waals surface area (Å²) in [4.78, 5) is 4.48. The van der Waals surface area contributed by atoms with Crippen molar-refractivity contribution in [3.05, 3.63) is 41.3 Å². The van der Waals surface area contributed by atoms with E-state index < -0.39 is 0 Å². The van der Waals surface area contributed by atoms with Gasteiger partial charge in [-0.15, -0.1) is 0 Å². The summed E-state index contributed by atoms with van der Waals surface area (Å²) in [6.45, 7) is 6.39. The van der Waals surface area contributed by atoms with Crippen LogP contribution in [0.3, 0.4) is 0 Å². The number of aromatic nitrogens is 1. The first-order valence-electron chi connectivity index (χ1n) is 6.42. The number of hydrogen-bond donors (Lipinski definition) is 1. The van der Waals surface area contributed by atoms with Gasteiger partial charge in [-0.3, -0.25) is 0 Å². The summed E-state index contributed by atoms with van der Waals surface area (Å²) in [6.07, 6.45) is 1.70. The fourth-order valence-corrected chi connectivity index (χ4v) is 1.79. The molecule has 0 saturated carbocycles. The Morgan fingerprint density at radius 2 is 2.11 bits per heavy atom. The van der Waals surface area contributed by atoms with Crippen LogP contribution in [0.2, 0.25) is 0 Å². The molecular formula is C15H20N2O2. The van der Waals surface area contributed by atoms with Crippen molar-refractivity contribution in [2.45, 2.75) is 20.4 Å². The molecule has 0 unspecified atom stereocenters. The number of hydrogen-bond acceptors (Lipinski definition) is 4. The first-order valence-corrected chi connectivity index (χ1v) is 6.42. The van der Waals surface area contributed by atoms with Crippen LogP contribution >= 0.6 is 0 Å². The number of methoxy groups -OCH3 is 1. The summed E-state index contributed by atoms with van der Waals surface area (Å²) in [5.74, 6) is 0.673. The molecule has 0 amide bonds. The van der Waals surface area contributed by atoms with Gasteiger partial charge in [0, 0.05) is 25.8 Å². The zero-order valence-electron chi connectivity index (χ0n) is 11.7. The molecule has 2 rings (SSSR count). The predicted octanol–water partition coefficient (Wildman–Crippen LogP) is 2.69. The predicted molar refractivity (Wildman–Crippen MR) is 75.0 cm³/mol. The fourth-order valence-electron chi connectivity index (χ4n) is 1.79. The highest BCUT2D eigenvalue weighted by atomic mass is 16.5. The van der Waals surface area contributed by atoms with Crippen LogP contribution in [0, 0.1) is 13.8 Å². The standard InChI is InChI=1S/C15H20N2O2/c1-11-4-5-13(8-12(11)2)15-17-14(10-19-15)9-16-6-7-18-3/h4-5,8,10,16H,6-7,9H2,1-3H3. The molecule has 0 radical (unpaired) electrons. The van der Waals surface area contributed by atoms with Crippen LogP contribution in [0.5, 0.6) is 0 Å². The second kappa shape index (κ2) is 6.50. The number of ether oxygens (including phenoxy) is 1. The number of nitrogens with one attached hydrogen (secondary N) is 1. The van der Waals surface area contributed by atoms with Gasteiger partial charge < -0.3 is 14.5 Å². The third kappa shape index (κ3) is 3.66. The van der Waals surface area contributed by atoms with Crippen molar-refractivity contribution in [1.82, 2.24) is 10.3 Å². The molecule has 19 heavy (non-hydrogen) atoms. The molecule has 4 heteroatoms. The molecule has 4 nitrogen and oxygen atoms in total. The van der Waals surface area contributed by atoms with E-state index in [1.54, 1.807) is 13.4 Å². The van der Waals surface area contributed by atoms with E-state index in [1.165, 1.54) is 11.1 Å². The number of nitrogens with zero attached hydrogens (tertiary/aromatic N) is 1. The van der Waals surface area contributed by atoms with Crippen molar-refractivity contribution in [3.8, 4) is 11.5 Å². The van der Waals surface area contributed by atoms with Crippen LogP contribution in [-0.4, -0.2) is 25.2 Å². The number of aryl methyl sites for hydroxylation is 2. The van der Waals surface area contributed by atoms with Gasteiger partial charge in [0.25, 0.3) is 0 Å². The van der Waals surface area contributed by atoms with E-state index in [2.05, 4.69) is 36.3 Å². The Kier molecular flexibility index (Phi) is 4.71. The monoisotopic (exact) mass is 260 g/mol. The van der Waals surface area contributed by atoms with E-state index in [0.29, 0.717) is 19.0 Å². The minimum absolute atomic E-state index is 0.673. The normalized spacial score (nSPS) is 10.9. The van der Waals surface area contributed by atoms with Gasteiger partial charge in [0.2, 0.25) is 5.89 Å². The van der Waals surface area contributed by atoms with Crippen molar-refractivity contribution < 1.29 is 9.15 Å². The first kappa shape index (κ1) is 13.8. The lowest BCUT2D eigenvalue weighted by molar-refractivity contribution is 0.199. The second-order valence-electron chi connectivity index (χ2n) is 4.61. The molecule has 0 bridgehead atoms. The number of benzene rings is 1. The Hall–Kier alpha value is -1.65. The Bertz CT molecular complexity index is 535. The smallest absolute Gasteiger partial charge is 0.226 e. The second-order valence-corrected chi connectivity index (χ2v) is 4.61. The highest BCUT2D eigenvalue weighted by Gasteiger charge is 2.07. The summed E-state index contributed by atoms with van der Waals surface area (Å²) < 4.78 is 10.5. The summed E-state index contributed by atoms with van der Waals surface area (Å²) in [5.41, 5.74) is 4.45. The molecule has 1 aromatic carbocycles. The molecule has 2 aromatic rings. The molecule has 0 fully saturated rings. The van der Waals surface area contributed by atoms with Crippen molar-refractivity contribution in [1.29, 1.82) is 0 Å².